The molecule has 0 aromatic carbocycles. The average molecular weight is 333 g/mol. The second-order valence-corrected chi connectivity index (χ2v) is 5.01. The number of carboxylic acid groups (broad SMARTS) is 4. The van der Waals surface area contributed by atoms with Gasteiger partial charge in [-0.25, -0.2) is 9.80 Å². The van der Waals surface area contributed by atoms with Crippen LogP contribution in [0.1, 0.15) is 12.8 Å². The van der Waals surface area contributed by atoms with Crippen molar-refractivity contribution in [3.8, 4) is 0 Å². The molecule has 3 N–H and O–H groups in total. The van der Waals surface area contributed by atoms with Gasteiger partial charge in [0.2, 0.25) is 5.66 Å². The van der Waals surface area contributed by atoms with Crippen LogP contribution in [-0.4, -0.2) is 63.0 Å². The molecule has 0 saturated carbocycles. The zero-order valence-electron chi connectivity index (χ0n) is 12.1. The first-order valence-electron chi connectivity index (χ1n) is 5.67. The molecule has 1 amide bonds. The van der Waals surface area contributed by atoms with Crippen molar-refractivity contribution >= 4 is 24.0 Å². The van der Waals surface area contributed by atoms with E-state index in [1.54, 1.807) is 0 Å². The van der Waals surface area contributed by atoms with Gasteiger partial charge in [-0.3, -0.25) is 9.59 Å². The molecular formula is C10H11N2Na2O8+. The fourth-order valence-electron chi connectivity index (χ4n) is 2.90. The molecular weight excluding hydrogens is 322 g/mol. The van der Waals surface area contributed by atoms with Crippen molar-refractivity contribution in [2.45, 2.75) is 24.0 Å². The largest absolute Gasteiger partial charge is 1.00 e. The van der Waals surface area contributed by atoms with E-state index in [9.17, 15) is 29.4 Å². The molecule has 0 aromatic heterocycles. The van der Waals surface area contributed by atoms with E-state index >= 15 is 0 Å². The van der Waals surface area contributed by atoms with Crippen LogP contribution >= 0.6 is 0 Å². The Balaban J connectivity index is 0.00000220. The Hall–Kier alpha value is -0.200. The molecule has 2 aliphatic rings. The summed E-state index contributed by atoms with van der Waals surface area (Å²) in [6, 6.07) is 0. The van der Waals surface area contributed by atoms with Crippen molar-refractivity contribution in [3.63, 3.8) is 0 Å². The predicted octanol–water partition coefficient (Wildman–Crippen LogP) is -10.1. The summed E-state index contributed by atoms with van der Waals surface area (Å²) in [6.45, 7) is -0.636. The van der Waals surface area contributed by atoms with E-state index in [1.807, 2.05) is 0 Å². The molecule has 1 spiro atoms. The maximum Gasteiger partial charge on any atom is 1.00 e. The Morgan fingerprint density at radius 1 is 1.09 bits per heavy atom. The number of carbonyl (C=O) groups is 4. The number of hydrogen-bond donors (Lipinski definition) is 3. The summed E-state index contributed by atoms with van der Waals surface area (Å²) in [5, 5.41) is 42.1. The van der Waals surface area contributed by atoms with Crippen LogP contribution in [0, 0.1) is 0 Å². The molecule has 0 radical (unpaired) electrons. The standard InChI is InChI=1S/C10H12N2O8.2Na/c13-5(14)1-2-12(8(19)20)4-10(12)9(11-10,7(17)18)3-6(15)16;;/h11H,1-4H2,(H3-,13,14,15,16,17,18,19,20);;/q;2*+1/p-1. The number of hydrogen-bond acceptors (Lipinski definition) is 7. The molecule has 3 unspecified atom stereocenters. The Morgan fingerprint density at radius 3 is 2.00 bits per heavy atom. The molecule has 2 saturated heterocycles. The number of amides is 1. The summed E-state index contributed by atoms with van der Waals surface area (Å²) >= 11 is 0. The predicted molar refractivity (Wildman–Crippen MR) is 53.5 cm³/mol. The van der Waals surface area contributed by atoms with Crippen molar-refractivity contribution in [3.05, 3.63) is 0 Å². The van der Waals surface area contributed by atoms with Gasteiger partial charge in [-0.1, -0.05) is 0 Å². The number of carboxylic acids is 3. The van der Waals surface area contributed by atoms with Crippen LogP contribution in [0.15, 0.2) is 0 Å². The van der Waals surface area contributed by atoms with Crippen LogP contribution in [0.3, 0.4) is 0 Å². The normalized spacial score (nSPS) is 34.0. The number of nitrogens with one attached hydrogen (secondary N) is 1. The summed E-state index contributed by atoms with van der Waals surface area (Å²) in [7, 11) is 0. The summed E-state index contributed by atoms with van der Waals surface area (Å²) in [5.41, 5.74) is -3.55. The van der Waals surface area contributed by atoms with E-state index < -0.39 is 52.5 Å². The van der Waals surface area contributed by atoms with E-state index in [0.717, 1.165) is 0 Å². The maximum atomic E-state index is 11.2. The van der Waals surface area contributed by atoms with Gasteiger partial charge in [0.1, 0.15) is 0 Å². The third-order valence-electron chi connectivity index (χ3n) is 4.01. The van der Waals surface area contributed by atoms with E-state index in [4.69, 9.17) is 10.2 Å². The number of nitrogens with zero attached hydrogens (tertiary/aromatic N) is 1. The van der Waals surface area contributed by atoms with Gasteiger partial charge >= 0.3 is 71.1 Å². The molecule has 2 heterocycles. The summed E-state index contributed by atoms with van der Waals surface area (Å²) in [5.74, 6) is -4.40. The molecule has 2 aliphatic heterocycles. The first-order valence-corrected chi connectivity index (χ1v) is 5.67. The van der Waals surface area contributed by atoms with Crippen LogP contribution in [-0.2, 0) is 14.4 Å². The minimum atomic E-state index is -2.00. The number of aliphatic carboxylic acids is 3. The molecule has 2 fully saturated rings. The van der Waals surface area contributed by atoms with Crippen LogP contribution in [0.2, 0.25) is 0 Å². The molecule has 12 heteroatoms. The van der Waals surface area contributed by atoms with Gasteiger partial charge in [0, 0.05) is 0 Å². The minimum Gasteiger partial charge on any atom is -0.548 e. The van der Waals surface area contributed by atoms with Gasteiger partial charge in [0.05, 0.1) is 25.4 Å². The Labute approximate surface area is 168 Å². The summed E-state index contributed by atoms with van der Waals surface area (Å²) < 4.78 is -0.930. The van der Waals surface area contributed by atoms with Crippen LogP contribution in [0.4, 0.5) is 4.79 Å². The van der Waals surface area contributed by atoms with Crippen molar-refractivity contribution in [2.75, 3.05) is 13.1 Å². The quantitative estimate of drug-likeness (QED) is 0.242. The Kier molecular flexibility index (Phi) is 6.67. The van der Waals surface area contributed by atoms with Crippen LogP contribution in [0.5, 0.6) is 0 Å². The third kappa shape index (κ3) is 2.94. The van der Waals surface area contributed by atoms with Gasteiger partial charge in [-0.15, -0.1) is 0 Å². The summed E-state index contributed by atoms with van der Waals surface area (Å²) in [6.07, 6.45) is -3.00. The second-order valence-electron chi connectivity index (χ2n) is 5.01. The smallest absolute Gasteiger partial charge is 0.548 e. The first kappa shape index (κ1) is 21.8. The number of rotatable bonds is 6. The van der Waals surface area contributed by atoms with Crippen molar-refractivity contribution in [1.82, 2.24) is 5.32 Å². The molecule has 22 heavy (non-hydrogen) atoms. The van der Waals surface area contributed by atoms with E-state index in [-0.39, 0.29) is 72.2 Å². The van der Waals surface area contributed by atoms with E-state index in [1.165, 1.54) is 0 Å². The van der Waals surface area contributed by atoms with Crippen molar-refractivity contribution in [1.29, 1.82) is 0 Å². The van der Waals surface area contributed by atoms with Gasteiger partial charge in [-0.2, -0.15) is 0 Å². The van der Waals surface area contributed by atoms with E-state index in [2.05, 4.69) is 5.32 Å². The van der Waals surface area contributed by atoms with Crippen molar-refractivity contribution < 1.29 is 103 Å². The van der Waals surface area contributed by atoms with Crippen molar-refractivity contribution in [2.24, 2.45) is 0 Å². The molecule has 2 rings (SSSR count). The Morgan fingerprint density at radius 2 is 1.64 bits per heavy atom. The topological polar surface area (TPSA) is 177 Å². The van der Waals surface area contributed by atoms with Gasteiger partial charge < -0.3 is 30.0 Å². The maximum absolute atomic E-state index is 11.2. The molecule has 0 aromatic rings. The van der Waals surface area contributed by atoms with Crippen LogP contribution < -0.4 is 74.6 Å². The molecule has 110 valence electrons. The fourth-order valence-corrected chi connectivity index (χ4v) is 2.90. The van der Waals surface area contributed by atoms with Gasteiger partial charge in [0.15, 0.2) is 12.1 Å². The number of quaternary nitrogens is 1. The molecule has 0 aliphatic carbocycles. The molecule has 0 bridgehead atoms. The Bertz CT molecular complexity index is 543. The third-order valence-corrected chi connectivity index (χ3v) is 4.01. The zero-order chi connectivity index (χ0) is 15.3. The molecule has 3 atom stereocenters. The van der Waals surface area contributed by atoms with Gasteiger partial charge in [-0.05, 0) is 0 Å². The SMILES string of the molecule is O=C(O)CC[N+]1(C(=O)[O-])CC12NC2(CC(=O)O)C(=O)[O-].[Na+].[Na+]. The fraction of sp³-hybridized carbons (Fsp3) is 0.600. The average Bonchev–Trinajstić information content (AvgIpc) is 3.13. The first-order chi connectivity index (χ1) is 9.13. The number of carbonyl (C=O) groups excluding carboxylic acids is 2. The second kappa shape index (κ2) is 6.73. The monoisotopic (exact) mass is 333 g/mol. The minimum absolute atomic E-state index is 0. The van der Waals surface area contributed by atoms with Gasteiger partial charge in [0.25, 0.3) is 6.09 Å². The molecule has 10 nitrogen and oxygen atoms in total. The van der Waals surface area contributed by atoms with Crippen LogP contribution in [0.25, 0.3) is 0 Å². The summed E-state index contributed by atoms with van der Waals surface area (Å²) in [4.78, 5) is 43.6. The van der Waals surface area contributed by atoms with E-state index in [0.29, 0.717) is 0 Å². The zero-order valence-corrected chi connectivity index (χ0v) is 16.1.